The first kappa shape index (κ1) is 20.4. The average Bonchev–Trinajstić information content (AvgIpc) is 2.65. The molecule has 1 aliphatic heterocycles. The topological polar surface area (TPSA) is 93.1 Å². The number of hydrogen-bond donors (Lipinski definition) is 1. The Balaban J connectivity index is 1.87. The molecule has 0 radical (unpaired) electrons. The van der Waals surface area contributed by atoms with E-state index in [9.17, 15) is 14.4 Å². The van der Waals surface area contributed by atoms with Crippen LogP contribution in [0.15, 0.2) is 54.3 Å². The van der Waals surface area contributed by atoms with Crippen molar-refractivity contribution in [3.05, 3.63) is 59.8 Å². The highest BCUT2D eigenvalue weighted by molar-refractivity contribution is 5.82. The normalized spacial score (nSPS) is 15.9. The molecule has 144 valence electrons. The minimum Gasteiger partial charge on any atom is -0.480 e. The lowest BCUT2D eigenvalue weighted by Crippen LogP contribution is -2.36. The Hall–Kier alpha value is -2.93. The maximum absolute atomic E-state index is 12.2. The largest absolute Gasteiger partial charge is 0.480 e. The maximum Gasteiger partial charge on any atom is 0.414 e. The van der Waals surface area contributed by atoms with Gasteiger partial charge >= 0.3 is 12.1 Å². The summed E-state index contributed by atoms with van der Waals surface area (Å²) in [6, 6.07) is 9.51. The minimum absolute atomic E-state index is 0.0743. The highest BCUT2D eigenvalue weighted by Gasteiger charge is 2.23. The summed E-state index contributed by atoms with van der Waals surface area (Å²) in [5.41, 5.74) is 1.72. The van der Waals surface area contributed by atoms with E-state index in [2.05, 4.69) is 0 Å². The third kappa shape index (κ3) is 7.45. The molecule has 1 saturated heterocycles. The highest BCUT2D eigenvalue weighted by Crippen LogP contribution is 2.18. The van der Waals surface area contributed by atoms with Crippen molar-refractivity contribution in [1.82, 2.24) is 4.90 Å². The monoisotopic (exact) mass is 373 g/mol. The van der Waals surface area contributed by atoms with E-state index >= 15 is 0 Å². The molecule has 0 unspecified atom stereocenters. The summed E-state index contributed by atoms with van der Waals surface area (Å²) in [6.07, 6.45) is 5.82. The van der Waals surface area contributed by atoms with E-state index in [-0.39, 0.29) is 32.0 Å². The van der Waals surface area contributed by atoms with E-state index in [0.29, 0.717) is 19.4 Å². The van der Waals surface area contributed by atoms with Crippen LogP contribution >= 0.6 is 0 Å². The predicted octanol–water partition coefficient (Wildman–Crippen LogP) is 2.57. The summed E-state index contributed by atoms with van der Waals surface area (Å²) in [5.74, 6) is -0.960. The lowest BCUT2D eigenvalue weighted by Gasteiger charge is -2.28. The molecule has 1 N–H and O–H groups in total. The first-order valence-corrected chi connectivity index (χ1v) is 8.69. The molecule has 1 fully saturated rings. The van der Waals surface area contributed by atoms with Gasteiger partial charge in [0.25, 0.3) is 0 Å². The van der Waals surface area contributed by atoms with Gasteiger partial charge < -0.3 is 14.6 Å². The number of aliphatic carboxylic acids is 1. The van der Waals surface area contributed by atoms with Crippen LogP contribution < -0.4 is 0 Å². The van der Waals surface area contributed by atoms with Crippen LogP contribution in [0, 0.1) is 0 Å². The zero-order chi connectivity index (χ0) is 19.5. The Morgan fingerprint density at radius 1 is 1.22 bits per heavy atom. The number of carbonyl (C=O) groups excluding carboxylic acids is 2. The smallest absolute Gasteiger partial charge is 0.414 e. The number of carboxylic acid groups (broad SMARTS) is 1. The number of rotatable bonds is 10. The molecule has 1 aromatic carbocycles. The van der Waals surface area contributed by atoms with Gasteiger partial charge in [-0.3, -0.25) is 9.69 Å². The van der Waals surface area contributed by atoms with Crippen molar-refractivity contribution in [1.29, 1.82) is 0 Å². The first-order chi connectivity index (χ1) is 13.1. The molecule has 0 aromatic heterocycles. The summed E-state index contributed by atoms with van der Waals surface area (Å²) in [7, 11) is 0. The van der Waals surface area contributed by atoms with E-state index in [1.807, 2.05) is 30.3 Å². The number of carbonyl (C=O) groups is 3. The summed E-state index contributed by atoms with van der Waals surface area (Å²) in [5, 5.41) is 8.49. The van der Waals surface area contributed by atoms with Crippen LogP contribution in [0.2, 0.25) is 0 Å². The van der Waals surface area contributed by atoms with Crippen molar-refractivity contribution in [2.45, 2.75) is 19.3 Å². The van der Waals surface area contributed by atoms with E-state index in [4.69, 9.17) is 14.6 Å². The third-order valence-electron chi connectivity index (χ3n) is 3.85. The number of ether oxygens (including phenoxy) is 2. The van der Waals surface area contributed by atoms with Crippen molar-refractivity contribution in [3.63, 3.8) is 0 Å². The Labute approximate surface area is 157 Å². The van der Waals surface area contributed by atoms with Gasteiger partial charge in [0.15, 0.2) is 0 Å². The lowest BCUT2D eigenvalue weighted by molar-refractivity contribution is -0.141. The Bertz CT molecular complexity index is 710. The summed E-state index contributed by atoms with van der Waals surface area (Å²) in [4.78, 5) is 36.0. The number of allylic oxidation sites excluding steroid dienone is 1. The van der Waals surface area contributed by atoms with Crippen LogP contribution in [0.4, 0.5) is 4.79 Å². The van der Waals surface area contributed by atoms with Gasteiger partial charge in [0.1, 0.15) is 12.4 Å². The van der Waals surface area contributed by atoms with Gasteiger partial charge in [0, 0.05) is 31.5 Å². The van der Waals surface area contributed by atoms with Gasteiger partial charge in [-0.2, -0.15) is 0 Å². The lowest BCUT2D eigenvalue weighted by atomic mass is 10.1. The van der Waals surface area contributed by atoms with Crippen molar-refractivity contribution in [3.8, 4) is 0 Å². The molecule has 7 nitrogen and oxygen atoms in total. The molecular weight excluding hydrogens is 350 g/mol. The third-order valence-corrected chi connectivity index (χ3v) is 3.85. The molecule has 1 amide bonds. The molecule has 7 heteroatoms. The second kappa shape index (κ2) is 10.9. The van der Waals surface area contributed by atoms with Gasteiger partial charge in [-0.15, -0.1) is 0 Å². The van der Waals surface area contributed by atoms with E-state index in [1.54, 1.807) is 18.2 Å². The molecule has 1 heterocycles. The highest BCUT2D eigenvalue weighted by atomic mass is 16.6. The van der Waals surface area contributed by atoms with E-state index < -0.39 is 12.1 Å². The first-order valence-electron chi connectivity index (χ1n) is 8.69. The number of Topliss-reactive ketones (excluding diaryl/α,β-unsaturated/α-hetero) is 1. The van der Waals surface area contributed by atoms with Crippen molar-refractivity contribution < 1.29 is 29.0 Å². The fourth-order valence-corrected chi connectivity index (χ4v) is 2.57. The second-order valence-corrected chi connectivity index (χ2v) is 5.96. The molecule has 0 bridgehead atoms. The molecule has 0 saturated carbocycles. The Morgan fingerprint density at radius 2 is 2.00 bits per heavy atom. The van der Waals surface area contributed by atoms with Gasteiger partial charge in [0.05, 0.1) is 13.2 Å². The van der Waals surface area contributed by atoms with Crippen LogP contribution in [0.1, 0.15) is 18.4 Å². The van der Waals surface area contributed by atoms with E-state index in [0.717, 1.165) is 11.3 Å². The predicted molar refractivity (Wildman–Crippen MR) is 98.1 cm³/mol. The average molecular weight is 373 g/mol. The maximum atomic E-state index is 12.2. The van der Waals surface area contributed by atoms with Crippen LogP contribution in [0.5, 0.6) is 0 Å². The zero-order valence-corrected chi connectivity index (χ0v) is 15.0. The molecule has 27 heavy (non-hydrogen) atoms. The van der Waals surface area contributed by atoms with Crippen LogP contribution in [0.25, 0.3) is 0 Å². The number of nitrogens with zero attached hydrogens (tertiary/aromatic N) is 1. The molecule has 0 atom stereocenters. The van der Waals surface area contributed by atoms with Crippen LogP contribution in [0.3, 0.4) is 0 Å². The summed E-state index contributed by atoms with van der Waals surface area (Å²) in [6.45, 7) is 0.335. The fourth-order valence-electron chi connectivity index (χ4n) is 2.57. The van der Waals surface area contributed by atoms with Gasteiger partial charge in [0.2, 0.25) is 0 Å². The van der Waals surface area contributed by atoms with Crippen molar-refractivity contribution in [2.24, 2.45) is 0 Å². The molecule has 0 spiro atoms. The molecular formula is C20H23NO6. The molecule has 1 aliphatic rings. The van der Waals surface area contributed by atoms with Crippen LogP contribution in [-0.2, 0) is 25.5 Å². The second-order valence-electron chi connectivity index (χ2n) is 5.96. The summed E-state index contributed by atoms with van der Waals surface area (Å²) >= 11 is 0. The zero-order valence-electron chi connectivity index (χ0n) is 15.0. The number of benzene rings is 1. The summed E-state index contributed by atoms with van der Waals surface area (Å²) < 4.78 is 9.94. The number of cyclic esters (lactones) is 1. The minimum atomic E-state index is -1.03. The van der Waals surface area contributed by atoms with E-state index in [1.165, 1.54) is 4.90 Å². The number of hydrogen-bond acceptors (Lipinski definition) is 5. The standard InChI is InChI=1S/C20H23NO6/c22-18(14-16-6-2-1-3-7-16)9-8-17-10-13-27-20(25)21(17)11-4-5-12-26-15-19(23)24/h1-8H,9-15H2,(H,23,24). The van der Waals surface area contributed by atoms with Crippen molar-refractivity contribution in [2.75, 3.05) is 26.4 Å². The van der Waals surface area contributed by atoms with Crippen LogP contribution in [-0.4, -0.2) is 54.2 Å². The number of ketones is 1. The van der Waals surface area contributed by atoms with Gasteiger partial charge in [-0.25, -0.2) is 9.59 Å². The van der Waals surface area contributed by atoms with Gasteiger partial charge in [-0.05, 0) is 5.56 Å². The fraction of sp³-hybridized carbons (Fsp3) is 0.350. The molecule has 2 rings (SSSR count). The molecule has 0 aliphatic carbocycles. The number of carboxylic acids is 1. The SMILES string of the molecule is O=C(O)COCC=CCN1C(=O)OCCC1=CCC(=O)Cc1ccccc1. The Morgan fingerprint density at radius 3 is 2.74 bits per heavy atom. The van der Waals surface area contributed by atoms with Crippen molar-refractivity contribution >= 4 is 17.8 Å². The number of amides is 1. The molecule has 1 aromatic rings. The quantitative estimate of drug-likeness (QED) is 0.500. The Kier molecular flexibility index (Phi) is 8.25. The van der Waals surface area contributed by atoms with Gasteiger partial charge in [-0.1, -0.05) is 48.6 Å².